The van der Waals surface area contributed by atoms with Crippen molar-refractivity contribution in [3.8, 4) is 5.75 Å². The summed E-state index contributed by atoms with van der Waals surface area (Å²) in [4.78, 5) is 2.99. The number of hydrogen-bond donors (Lipinski definition) is 1. The number of rotatable bonds is 1. The molecule has 0 saturated carbocycles. The van der Waals surface area contributed by atoms with Crippen molar-refractivity contribution in [1.82, 2.24) is 4.90 Å². The predicted octanol–water partition coefficient (Wildman–Crippen LogP) is 2.18. The highest BCUT2D eigenvalue weighted by Gasteiger charge is 2.24. The lowest BCUT2D eigenvalue weighted by molar-refractivity contribution is -0.0472. The van der Waals surface area contributed by atoms with Crippen LogP contribution in [0.15, 0.2) is 24.3 Å². The lowest BCUT2D eigenvalue weighted by Gasteiger charge is -2.37. The number of hydrogen-bond acceptors (Lipinski definition) is 3. The van der Waals surface area contributed by atoms with Crippen LogP contribution in [0.5, 0.6) is 5.75 Å². The van der Waals surface area contributed by atoms with Gasteiger partial charge in [-0.2, -0.15) is 0 Å². The third-order valence-corrected chi connectivity index (χ3v) is 3.31. The van der Waals surface area contributed by atoms with E-state index in [4.69, 9.17) is 17.0 Å². The quantitative estimate of drug-likeness (QED) is 0.775. The Morgan fingerprint density at radius 1 is 1.24 bits per heavy atom. The van der Waals surface area contributed by atoms with Crippen LogP contribution in [0.4, 0.5) is 0 Å². The first kappa shape index (κ1) is 12.3. The molecule has 2 rings (SSSR count). The monoisotopic (exact) mass is 251 g/mol. The molecule has 0 bridgehead atoms. The number of nitrogens with zero attached hydrogens (tertiary/aromatic N) is 1. The first-order chi connectivity index (χ1) is 8.06. The molecule has 1 aliphatic rings. The molecular weight excluding hydrogens is 234 g/mol. The highest BCUT2D eigenvalue weighted by molar-refractivity contribution is 7.80. The van der Waals surface area contributed by atoms with Crippen LogP contribution >= 0.6 is 12.2 Å². The van der Waals surface area contributed by atoms with Crippen LogP contribution in [0.2, 0.25) is 0 Å². The minimum atomic E-state index is 0.203. The van der Waals surface area contributed by atoms with E-state index in [0.29, 0.717) is 0 Å². The predicted molar refractivity (Wildman–Crippen MR) is 71.4 cm³/mol. The van der Waals surface area contributed by atoms with Gasteiger partial charge in [-0.25, -0.2) is 0 Å². The van der Waals surface area contributed by atoms with Crippen molar-refractivity contribution in [2.24, 2.45) is 0 Å². The zero-order chi connectivity index (χ0) is 12.4. The Morgan fingerprint density at radius 2 is 1.76 bits per heavy atom. The van der Waals surface area contributed by atoms with Crippen LogP contribution in [0, 0.1) is 0 Å². The molecule has 0 amide bonds. The molecule has 1 fully saturated rings. The smallest absolute Gasteiger partial charge is 0.115 e. The van der Waals surface area contributed by atoms with Gasteiger partial charge in [-0.3, -0.25) is 0 Å². The van der Waals surface area contributed by atoms with Crippen LogP contribution in [0.3, 0.4) is 0 Å². The van der Waals surface area contributed by atoms with E-state index in [0.717, 1.165) is 23.6 Å². The third kappa shape index (κ3) is 2.96. The standard InChI is InChI=1S/C13H17NO2S/c1-9-7-14(8-10(2)16-9)13(17)11-3-5-12(15)6-4-11/h3-6,9-10,15H,7-8H2,1-2H3. The molecule has 1 heterocycles. The molecule has 3 nitrogen and oxygen atoms in total. The molecule has 0 spiro atoms. The van der Waals surface area contributed by atoms with Crippen LogP contribution in [-0.2, 0) is 4.74 Å². The van der Waals surface area contributed by atoms with E-state index in [-0.39, 0.29) is 18.0 Å². The molecule has 2 unspecified atom stereocenters. The molecule has 92 valence electrons. The molecule has 1 saturated heterocycles. The maximum absolute atomic E-state index is 9.26. The Balaban J connectivity index is 2.11. The van der Waals surface area contributed by atoms with Gasteiger partial charge in [0.1, 0.15) is 10.7 Å². The van der Waals surface area contributed by atoms with Crippen molar-refractivity contribution in [1.29, 1.82) is 0 Å². The third-order valence-electron chi connectivity index (χ3n) is 2.82. The van der Waals surface area contributed by atoms with E-state index in [1.807, 2.05) is 12.1 Å². The summed E-state index contributed by atoms with van der Waals surface area (Å²) < 4.78 is 5.68. The van der Waals surface area contributed by atoms with Gasteiger partial charge in [-0.05, 0) is 38.1 Å². The largest absolute Gasteiger partial charge is 0.508 e. The first-order valence-electron chi connectivity index (χ1n) is 5.80. The lowest BCUT2D eigenvalue weighted by atomic mass is 10.1. The molecule has 4 heteroatoms. The minimum absolute atomic E-state index is 0.203. The van der Waals surface area contributed by atoms with E-state index < -0.39 is 0 Å². The molecule has 0 aromatic heterocycles. The fraction of sp³-hybridized carbons (Fsp3) is 0.462. The van der Waals surface area contributed by atoms with Crippen LogP contribution in [0.1, 0.15) is 19.4 Å². The summed E-state index contributed by atoms with van der Waals surface area (Å²) >= 11 is 5.48. The number of morpholine rings is 1. The fourth-order valence-electron chi connectivity index (χ4n) is 2.13. The lowest BCUT2D eigenvalue weighted by Crippen LogP contribution is -2.47. The number of benzene rings is 1. The highest BCUT2D eigenvalue weighted by Crippen LogP contribution is 2.17. The van der Waals surface area contributed by atoms with Crippen LogP contribution < -0.4 is 0 Å². The molecule has 1 N–H and O–H groups in total. The first-order valence-corrected chi connectivity index (χ1v) is 6.21. The Hall–Kier alpha value is -1.13. The average Bonchev–Trinajstić information content (AvgIpc) is 2.28. The van der Waals surface area contributed by atoms with Crippen molar-refractivity contribution >= 4 is 17.2 Å². The van der Waals surface area contributed by atoms with Gasteiger partial charge in [-0.1, -0.05) is 12.2 Å². The molecular formula is C13H17NO2S. The molecule has 2 atom stereocenters. The second-order valence-corrected chi connectivity index (χ2v) is 4.90. The normalized spacial score (nSPS) is 24.7. The molecule has 1 aromatic carbocycles. The fourth-order valence-corrected chi connectivity index (χ4v) is 2.42. The van der Waals surface area contributed by atoms with Gasteiger partial charge in [-0.15, -0.1) is 0 Å². The number of phenols is 1. The Morgan fingerprint density at radius 3 is 2.29 bits per heavy atom. The Kier molecular flexibility index (Phi) is 3.64. The van der Waals surface area contributed by atoms with Crippen molar-refractivity contribution in [3.63, 3.8) is 0 Å². The van der Waals surface area contributed by atoms with E-state index in [1.165, 1.54) is 0 Å². The summed E-state index contributed by atoms with van der Waals surface area (Å²) in [7, 11) is 0. The van der Waals surface area contributed by atoms with Gasteiger partial charge in [0, 0.05) is 18.7 Å². The van der Waals surface area contributed by atoms with Gasteiger partial charge in [0.25, 0.3) is 0 Å². The summed E-state index contributed by atoms with van der Waals surface area (Å²) in [5, 5.41) is 9.26. The number of ether oxygens (including phenoxy) is 1. The Bertz CT molecular complexity index is 394. The molecule has 1 aromatic rings. The molecule has 0 aliphatic carbocycles. The van der Waals surface area contributed by atoms with Gasteiger partial charge in [0.05, 0.1) is 12.2 Å². The van der Waals surface area contributed by atoms with Crippen molar-refractivity contribution in [3.05, 3.63) is 29.8 Å². The summed E-state index contributed by atoms with van der Waals surface area (Å²) in [5.74, 6) is 0.264. The van der Waals surface area contributed by atoms with E-state index >= 15 is 0 Å². The second-order valence-electron chi connectivity index (χ2n) is 4.51. The number of phenolic OH excluding ortho intramolecular Hbond substituents is 1. The average molecular weight is 251 g/mol. The zero-order valence-electron chi connectivity index (χ0n) is 10.1. The summed E-state index contributed by atoms with van der Waals surface area (Å²) in [5.41, 5.74) is 0.971. The zero-order valence-corrected chi connectivity index (χ0v) is 10.9. The SMILES string of the molecule is CC1CN(C(=S)c2ccc(O)cc2)CC(C)O1. The van der Waals surface area contributed by atoms with Gasteiger partial charge in [0.2, 0.25) is 0 Å². The van der Waals surface area contributed by atoms with Crippen molar-refractivity contribution in [2.45, 2.75) is 26.1 Å². The Labute approximate surface area is 107 Å². The van der Waals surface area contributed by atoms with Gasteiger partial charge < -0.3 is 14.7 Å². The summed E-state index contributed by atoms with van der Waals surface area (Å²) in [6.07, 6.45) is 0.405. The topological polar surface area (TPSA) is 32.7 Å². The highest BCUT2D eigenvalue weighted by atomic mass is 32.1. The van der Waals surface area contributed by atoms with Crippen LogP contribution in [0.25, 0.3) is 0 Å². The molecule has 0 radical (unpaired) electrons. The van der Waals surface area contributed by atoms with Crippen molar-refractivity contribution in [2.75, 3.05) is 13.1 Å². The van der Waals surface area contributed by atoms with Gasteiger partial charge >= 0.3 is 0 Å². The molecule has 17 heavy (non-hydrogen) atoms. The van der Waals surface area contributed by atoms with E-state index in [1.54, 1.807) is 12.1 Å². The number of thiocarbonyl (C=S) groups is 1. The summed E-state index contributed by atoms with van der Waals surface area (Å²) in [6, 6.07) is 7.02. The van der Waals surface area contributed by atoms with Crippen molar-refractivity contribution < 1.29 is 9.84 Å². The van der Waals surface area contributed by atoms with Gasteiger partial charge in [0.15, 0.2) is 0 Å². The maximum atomic E-state index is 9.26. The maximum Gasteiger partial charge on any atom is 0.115 e. The molecule has 1 aliphatic heterocycles. The van der Waals surface area contributed by atoms with Crippen LogP contribution in [-0.4, -0.2) is 40.3 Å². The minimum Gasteiger partial charge on any atom is -0.508 e. The summed E-state index contributed by atoms with van der Waals surface area (Å²) in [6.45, 7) is 5.76. The second kappa shape index (κ2) is 5.02. The van der Waals surface area contributed by atoms with E-state index in [2.05, 4.69) is 18.7 Å². The number of aromatic hydroxyl groups is 1. The van der Waals surface area contributed by atoms with E-state index in [9.17, 15) is 5.11 Å².